The van der Waals surface area contributed by atoms with Crippen LogP contribution in [-0.2, 0) is 38.3 Å². The molecule has 0 aliphatic heterocycles. The SMILES string of the molecule is C=C(CO)C(=O)OCCc1cc(CCOC(=O)C(=C)CO)cc(-c2ccc(-c3ccc(CCCCCCC)c(F)c3)cc2)c1. The molecule has 2 N–H and O–H groups in total. The molecule has 0 amide bonds. The molecule has 0 spiro atoms. The lowest BCUT2D eigenvalue weighted by Crippen LogP contribution is -2.13. The lowest BCUT2D eigenvalue weighted by Gasteiger charge is -2.13. The highest BCUT2D eigenvalue weighted by Crippen LogP contribution is 2.28. The minimum Gasteiger partial charge on any atom is -0.462 e. The molecule has 44 heavy (non-hydrogen) atoms. The molecule has 0 fully saturated rings. The van der Waals surface area contributed by atoms with E-state index in [1.54, 1.807) is 6.07 Å². The van der Waals surface area contributed by atoms with Gasteiger partial charge in [0, 0.05) is 12.8 Å². The predicted molar refractivity (Wildman–Crippen MR) is 172 cm³/mol. The zero-order valence-corrected chi connectivity index (χ0v) is 25.6. The molecule has 0 saturated heterocycles. The molecule has 0 aliphatic carbocycles. The quantitative estimate of drug-likeness (QED) is 0.0931. The van der Waals surface area contributed by atoms with E-state index in [0.717, 1.165) is 58.2 Å². The first kappa shape index (κ1) is 34.4. The van der Waals surface area contributed by atoms with E-state index in [-0.39, 0.29) is 30.2 Å². The number of halogens is 1. The van der Waals surface area contributed by atoms with Crippen LogP contribution in [0.2, 0.25) is 0 Å². The van der Waals surface area contributed by atoms with E-state index in [9.17, 15) is 14.0 Å². The van der Waals surface area contributed by atoms with Crippen LogP contribution in [0, 0.1) is 5.82 Å². The number of hydrogen-bond acceptors (Lipinski definition) is 6. The summed E-state index contributed by atoms with van der Waals surface area (Å²) < 4.78 is 25.3. The average Bonchev–Trinajstić information content (AvgIpc) is 3.04. The van der Waals surface area contributed by atoms with E-state index in [1.165, 1.54) is 19.3 Å². The van der Waals surface area contributed by atoms with Gasteiger partial charge in [0.05, 0.1) is 37.6 Å². The van der Waals surface area contributed by atoms with Gasteiger partial charge in [0.2, 0.25) is 0 Å². The highest BCUT2D eigenvalue weighted by molar-refractivity contribution is 5.88. The van der Waals surface area contributed by atoms with Crippen LogP contribution in [0.3, 0.4) is 0 Å². The van der Waals surface area contributed by atoms with Gasteiger partial charge in [-0.1, -0.05) is 100 Å². The van der Waals surface area contributed by atoms with Gasteiger partial charge >= 0.3 is 11.9 Å². The van der Waals surface area contributed by atoms with Gasteiger partial charge in [-0.15, -0.1) is 0 Å². The lowest BCUT2D eigenvalue weighted by atomic mass is 9.95. The maximum absolute atomic E-state index is 14.9. The molecule has 0 unspecified atom stereocenters. The Morgan fingerprint density at radius 3 is 1.66 bits per heavy atom. The number of ether oxygens (including phenoxy) is 2. The number of carbonyl (C=O) groups is 2. The van der Waals surface area contributed by atoms with Crippen LogP contribution in [0.1, 0.15) is 55.7 Å². The number of aryl methyl sites for hydroxylation is 1. The monoisotopic (exact) mass is 602 g/mol. The van der Waals surface area contributed by atoms with Crippen molar-refractivity contribution in [1.29, 1.82) is 0 Å². The predicted octanol–water partition coefficient (Wildman–Crippen LogP) is 6.94. The molecule has 0 saturated carbocycles. The molecule has 234 valence electrons. The number of benzene rings is 3. The Balaban J connectivity index is 1.75. The first-order chi connectivity index (χ1) is 21.2. The Morgan fingerprint density at radius 2 is 1.16 bits per heavy atom. The molecule has 0 bridgehead atoms. The van der Waals surface area contributed by atoms with Crippen molar-refractivity contribution in [1.82, 2.24) is 0 Å². The summed E-state index contributed by atoms with van der Waals surface area (Å²) >= 11 is 0. The van der Waals surface area contributed by atoms with Crippen molar-refractivity contribution in [3.05, 3.63) is 107 Å². The number of aliphatic hydroxyl groups excluding tert-OH is 2. The zero-order valence-electron chi connectivity index (χ0n) is 25.6. The van der Waals surface area contributed by atoms with E-state index in [0.29, 0.717) is 12.8 Å². The van der Waals surface area contributed by atoms with Gasteiger partial charge in [0.25, 0.3) is 0 Å². The van der Waals surface area contributed by atoms with Crippen LogP contribution in [0.5, 0.6) is 0 Å². The van der Waals surface area contributed by atoms with Crippen LogP contribution in [-0.4, -0.2) is 48.6 Å². The minimum absolute atomic E-state index is 0.0113. The number of unbranched alkanes of at least 4 members (excludes halogenated alkanes) is 4. The second kappa shape index (κ2) is 17.9. The maximum Gasteiger partial charge on any atom is 0.335 e. The zero-order chi connectivity index (χ0) is 31.9. The summed E-state index contributed by atoms with van der Waals surface area (Å²) in [6.07, 6.45) is 7.31. The van der Waals surface area contributed by atoms with Crippen LogP contribution in [0.15, 0.2) is 85.0 Å². The number of hydrogen-bond donors (Lipinski definition) is 2. The largest absolute Gasteiger partial charge is 0.462 e. The average molecular weight is 603 g/mol. The number of esters is 2. The summed E-state index contributed by atoms with van der Waals surface area (Å²) in [7, 11) is 0. The summed E-state index contributed by atoms with van der Waals surface area (Å²) in [4.78, 5) is 23.8. The highest BCUT2D eigenvalue weighted by atomic mass is 19.1. The number of aliphatic hydroxyl groups is 2. The van der Waals surface area contributed by atoms with Crippen molar-refractivity contribution >= 4 is 11.9 Å². The van der Waals surface area contributed by atoms with Crippen LogP contribution in [0.25, 0.3) is 22.3 Å². The smallest absolute Gasteiger partial charge is 0.335 e. The molecule has 0 aliphatic rings. The molecular formula is C37H43FO6. The normalized spacial score (nSPS) is 10.8. The lowest BCUT2D eigenvalue weighted by molar-refractivity contribution is -0.140. The topological polar surface area (TPSA) is 93.1 Å². The molecule has 0 atom stereocenters. The number of rotatable bonds is 18. The molecule has 7 heteroatoms. The van der Waals surface area contributed by atoms with E-state index in [1.807, 2.05) is 54.6 Å². The van der Waals surface area contributed by atoms with Crippen molar-refractivity contribution in [2.45, 2.75) is 58.3 Å². The molecule has 3 aromatic rings. The Kier molecular flexibility index (Phi) is 14.0. The van der Waals surface area contributed by atoms with E-state index >= 15 is 0 Å². The fourth-order valence-corrected chi connectivity index (χ4v) is 4.78. The third-order valence-electron chi connectivity index (χ3n) is 7.41. The minimum atomic E-state index is -0.646. The van der Waals surface area contributed by atoms with Crippen molar-refractivity contribution in [3.63, 3.8) is 0 Å². The van der Waals surface area contributed by atoms with Gasteiger partial charge in [-0.3, -0.25) is 0 Å². The summed E-state index contributed by atoms with van der Waals surface area (Å²) in [5.41, 5.74) is 6.13. The van der Waals surface area contributed by atoms with Crippen molar-refractivity contribution in [2.75, 3.05) is 26.4 Å². The molecule has 0 radical (unpaired) electrons. The first-order valence-corrected chi connectivity index (χ1v) is 15.2. The second-order valence-electron chi connectivity index (χ2n) is 10.9. The molecule has 0 heterocycles. The van der Waals surface area contributed by atoms with E-state index in [2.05, 4.69) is 20.1 Å². The van der Waals surface area contributed by atoms with Gasteiger partial charge in [0.1, 0.15) is 5.82 Å². The molecular weight excluding hydrogens is 559 g/mol. The Bertz CT molecular complexity index is 1370. The van der Waals surface area contributed by atoms with E-state index < -0.39 is 25.2 Å². The standard InChI is InChI=1S/C37H43FO6/c1-4-5-6-7-8-9-32-14-15-33(23-35(32)38)30-10-12-31(13-11-30)34-21-28(16-18-43-36(41)26(2)24-39)20-29(22-34)17-19-44-37(42)27(3)25-40/h10-15,20-23,39-40H,2-9,16-19,24-25H2,1H3. The van der Waals surface area contributed by atoms with Crippen LogP contribution < -0.4 is 0 Å². The molecule has 3 rings (SSSR count). The van der Waals surface area contributed by atoms with Gasteiger partial charge in [-0.05, 0) is 57.9 Å². The fourth-order valence-electron chi connectivity index (χ4n) is 4.78. The highest BCUT2D eigenvalue weighted by Gasteiger charge is 2.11. The summed E-state index contributed by atoms with van der Waals surface area (Å²) in [6.45, 7) is 8.42. The molecule has 6 nitrogen and oxygen atoms in total. The van der Waals surface area contributed by atoms with Gasteiger partial charge in [-0.2, -0.15) is 0 Å². The number of carbonyl (C=O) groups excluding carboxylic acids is 2. The van der Waals surface area contributed by atoms with Crippen molar-refractivity contribution < 1.29 is 33.7 Å². The Hall–Kier alpha value is -4.07. The molecule has 3 aromatic carbocycles. The molecule has 0 aromatic heterocycles. The third-order valence-corrected chi connectivity index (χ3v) is 7.41. The Labute approximate surface area is 259 Å². The summed E-state index contributed by atoms with van der Waals surface area (Å²) in [5.74, 6) is -1.47. The Morgan fingerprint density at radius 1 is 0.659 bits per heavy atom. The maximum atomic E-state index is 14.9. The summed E-state index contributed by atoms with van der Waals surface area (Å²) in [5, 5.41) is 18.2. The first-order valence-electron chi connectivity index (χ1n) is 15.2. The third kappa shape index (κ3) is 10.6. The van der Waals surface area contributed by atoms with Crippen LogP contribution >= 0.6 is 0 Å². The van der Waals surface area contributed by atoms with Crippen molar-refractivity contribution in [2.24, 2.45) is 0 Å². The van der Waals surface area contributed by atoms with Gasteiger partial charge < -0.3 is 19.7 Å². The van der Waals surface area contributed by atoms with Gasteiger partial charge in [0.15, 0.2) is 0 Å². The second-order valence-corrected chi connectivity index (χ2v) is 10.9. The van der Waals surface area contributed by atoms with Gasteiger partial charge in [-0.25, -0.2) is 14.0 Å². The fraction of sp³-hybridized carbons (Fsp3) is 0.351. The van der Waals surface area contributed by atoms with Crippen molar-refractivity contribution in [3.8, 4) is 22.3 Å². The van der Waals surface area contributed by atoms with Crippen LogP contribution in [0.4, 0.5) is 4.39 Å². The van der Waals surface area contributed by atoms with E-state index in [4.69, 9.17) is 19.7 Å². The summed E-state index contributed by atoms with van der Waals surface area (Å²) in [6, 6.07) is 19.3.